The molecule has 0 aromatic heterocycles. The Labute approximate surface area is 147 Å². The molecule has 0 aliphatic rings. The molecule has 0 atom stereocenters. The van der Waals surface area contributed by atoms with Crippen LogP contribution in [0.4, 0.5) is 11.4 Å². The highest BCUT2D eigenvalue weighted by molar-refractivity contribution is 6.30. The van der Waals surface area contributed by atoms with Crippen molar-refractivity contribution in [2.75, 3.05) is 10.6 Å². The molecule has 5 heteroatoms. The van der Waals surface area contributed by atoms with Gasteiger partial charge in [-0.15, -0.1) is 0 Å². The van der Waals surface area contributed by atoms with Gasteiger partial charge in [0, 0.05) is 27.9 Å². The van der Waals surface area contributed by atoms with E-state index in [2.05, 4.69) is 10.6 Å². The van der Waals surface area contributed by atoms with Gasteiger partial charge in [-0.25, -0.2) is 0 Å². The minimum absolute atomic E-state index is 0.0119. The van der Waals surface area contributed by atoms with Gasteiger partial charge in [-0.1, -0.05) is 25.4 Å². The van der Waals surface area contributed by atoms with Crippen LogP contribution in [0.15, 0.2) is 48.5 Å². The van der Waals surface area contributed by atoms with E-state index in [1.54, 1.807) is 48.5 Å². The molecule has 24 heavy (non-hydrogen) atoms. The highest BCUT2D eigenvalue weighted by Gasteiger charge is 2.14. The Morgan fingerprint density at radius 2 is 1.38 bits per heavy atom. The maximum atomic E-state index is 12.2. The van der Waals surface area contributed by atoms with Crippen molar-refractivity contribution in [3.8, 4) is 0 Å². The molecule has 2 amide bonds. The third-order valence-electron chi connectivity index (χ3n) is 3.87. The van der Waals surface area contributed by atoms with Crippen LogP contribution in [0.2, 0.25) is 5.02 Å². The lowest BCUT2D eigenvalue weighted by Gasteiger charge is -2.13. The lowest BCUT2D eigenvalue weighted by atomic mass is 10.0. The topological polar surface area (TPSA) is 58.2 Å². The maximum absolute atomic E-state index is 12.2. The smallest absolute Gasteiger partial charge is 0.255 e. The molecule has 0 radical (unpaired) electrons. The van der Waals surface area contributed by atoms with E-state index in [-0.39, 0.29) is 17.7 Å². The third kappa shape index (κ3) is 4.83. The lowest BCUT2D eigenvalue weighted by molar-refractivity contribution is -0.120. The predicted octanol–water partition coefficient (Wildman–Crippen LogP) is 4.97. The summed E-state index contributed by atoms with van der Waals surface area (Å²) >= 11 is 5.82. The first-order chi connectivity index (χ1) is 11.5. The summed E-state index contributed by atoms with van der Waals surface area (Å²) in [7, 11) is 0. The van der Waals surface area contributed by atoms with Gasteiger partial charge in [0.05, 0.1) is 0 Å². The number of carbonyl (C=O) groups excluding carboxylic acids is 2. The average molecular weight is 345 g/mol. The Bertz CT molecular complexity index is 692. The first-order valence-electron chi connectivity index (χ1n) is 8.01. The second-order valence-electron chi connectivity index (χ2n) is 5.54. The van der Waals surface area contributed by atoms with Crippen molar-refractivity contribution < 1.29 is 9.59 Å². The van der Waals surface area contributed by atoms with Gasteiger partial charge in [0.2, 0.25) is 5.91 Å². The van der Waals surface area contributed by atoms with Gasteiger partial charge in [0.1, 0.15) is 0 Å². The first-order valence-corrected chi connectivity index (χ1v) is 8.39. The van der Waals surface area contributed by atoms with Crippen LogP contribution in [-0.2, 0) is 4.79 Å². The summed E-state index contributed by atoms with van der Waals surface area (Å²) < 4.78 is 0. The van der Waals surface area contributed by atoms with E-state index in [0.29, 0.717) is 22.0 Å². The Balaban J connectivity index is 1.99. The molecule has 0 fully saturated rings. The molecule has 0 unspecified atom stereocenters. The van der Waals surface area contributed by atoms with Crippen molar-refractivity contribution >= 4 is 34.8 Å². The zero-order valence-corrected chi connectivity index (χ0v) is 14.6. The van der Waals surface area contributed by atoms with E-state index in [1.165, 1.54) is 0 Å². The summed E-state index contributed by atoms with van der Waals surface area (Å²) in [5.41, 5.74) is 1.89. The molecule has 0 saturated heterocycles. The monoisotopic (exact) mass is 344 g/mol. The molecular formula is C19H21ClN2O2. The van der Waals surface area contributed by atoms with Gasteiger partial charge in [-0.05, 0) is 61.4 Å². The van der Waals surface area contributed by atoms with Crippen molar-refractivity contribution in [1.82, 2.24) is 0 Å². The normalized spacial score (nSPS) is 10.5. The highest BCUT2D eigenvalue weighted by atomic mass is 35.5. The number of rotatable bonds is 6. The van der Waals surface area contributed by atoms with Gasteiger partial charge in [-0.3, -0.25) is 9.59 Å². The van der Waals surface area contributed by atoms with Gasteiger partial charge in [-0.2, -0.15) is 0 Å². The largest absolute Gasteiger partial charge is 0.326 e. The maximum Gasteiger partial charge on any atom is 0.255 e. The van der Waals surface area contributed by atoms with E-state index >= 15 is 0 Å². The number of amides is 2. The van der Waals surface area contributed by atoms with Crippen LogP contribution in [0.25, 0.3) is 0 Å². The van der Waals surface area contributed by atoms with Gasteiger partial charge >= 0.3 is 0 Å². The Hall–Kier alpha value is -2.33. The van der Waals surface area contributed by atoms with Gasteiger partial charge < -0.3 is 10.6 Å². The second-order valence-corrected chi connectivity index (χ2v) is 5.98. The Morgan fingerprint density at radius 1 is 0.875 bits per heavy atom. The molecule has 2 N–H and O–H groups in total. The number of halogens is 1. The van der Waals surface area contributed by atoms with Gasteiger partial charge in [0.15, 0.2) is 0 Å². The van der Waals surface area contributed by atoms with Gasteiger partial charge in [0.25, 0.3) is 5.91 Å². The van der Waals surface area contributed by atoms with E-state index in [9.17, 15) is 9.59 Å². The van der Waals surface area contributed by atoms with Crippen LogP contribution < -0.4 is 10.6 Å². The van der Waals surface area contributed by atoms with Crippen LogP contribution in [0, 0.1) is 5.92 Å². The summed E-state index contributed by atoms with van der Waals surface area (Å²) in [6, 6.07) is 13.8. The average Bonchev–Trinajstić information content (AvgIpc) is 2.58. The fraction of sp³-hybridized carbons (Fsp3) is 0.263. The van der Waals surface area contributed by atoms with Crippen molar-refractivity contribution in [3.63, 3.8) is 0 Å². The molecule has 0 bridgehead atoms. The van der Waals surface area contributed by atoms with E-state index in [4.69, 9.17) is 11.6 Å². The number of hydrogen-bond acceptors (Lipinski definition) is 2. The number of hydrogen-bond donors (Lipinski definition) is 2. The second kappa shape index (κ2) is 8.50. The molecule has 0 aliphatic heterocycles. The Morgan fingerprint density at radius 3 is 1.92 bits per heavy atom. The van der Waals surface area contributed by atoms with Crippen molar-refractivity contribution in [1.29, 1.82) is 0 Å². The number of anilines is 2. The fourth-order valence-corrected chi connectivity index (χ4v) is 2.47. The first kappa shape index (κ1) is 18.0. The third-order valence-corrected chi connectivity index (χ3v) is 4.13. The van der Waals surface area contributed by atoms with Crippen LogP contribution in [0.5, 0.6) is 0 Å². The summed E-state index contributed by atoms with van der Waals surface area (Å²) in [5.74, 6) is -0.188. The van der Waals surface area contributed by atoms with Crippen molar-refractivity contribution in [2.45, 2.75) is 26.7 Å². The summed E-state index contributed by atoms with van der Waals surface area (Å²) in [4.78, 5) is 24.3. The Kier molecular flexibility index (Phi) is 6.38. The zero-order valence-electron chi connectivity index (χ0n) is 13.8. The summed E-state index contributed by atoms with van der Waals surface area (Å²) in [6.07, 6.45) is 1.62. The van der Waals surface area contributed by atoms with Crippen LogP contribution in [0.1, 0.15) is 37.0 Å². The number of carbonyl (C=O) groups is 2. The molecular weight excluding hydrogens is 324 g/mol. The van der Waals surface area contributed by atoms with Crippen molar-refractivity contribution in [3.05, 3.63) is 59.1 Å². The molecule has 2 rings (SSSR count). The summed E-state index contributed by atoms with van der Waals surface area (Å²) in [5, 5.41) is 6.29. The molecule has 0 saturated carbocycles. The molecule has 0 aliphatic carbocycles. The minimum Gasteiger partial charge on any atom is -0.326 e. The molecule has 2 aromatic rings. The quantitative estimate of drug-likeness (QED) is 0.777. The minimum atomic E-state index is -0.213. The predicted molar refractivity (Wildman–Crippen MR) is 98.5 cm³/mol. The molecule has 2 aromatic carbocycles. The molecule has 126 valence electrons. The van der Waals surface area contributed by atoms with Crippen molar-refractivity contribution in [2.24, 2.45) is 5.92 Å². The van der Waals surface area contributed by atoms with Crippen LogP contribution in [0.3, 0.4) is 0 Å². The number of nitrogens with one attached hydrogen (secondary N) is 2. The highest BCUT2D eigenvalue weighted by Crippen LogP contribution is 2.17. The number of benzene rings is 2. The zero-order chi connectivity index (χ0) is 17.5. The standard InChI is InChI=1S/C19H21ClN2O2/c1-3-13(4-2)18(23)21-16-9-5-14(6-10-16)19(24)22-17-11-7-15(20)8-12-17/h5-13H,3-4H2,1-2H3,(H,21,23)(H,22,24). The fourth-order valence-electron chi connectivity index (χ4n) is 2.35. The molecule has 0 spiro atoms. The van der Waals surface area contributed by atoms with Crippen LogP contribution in [-0.4, -0.2) is 11.8 Å². The van der Waals surface area contributed by atoms with E-state index < -0.39 is 0 Å². The van der Waals surface area contributed by atoms with E-state index in [1.807, 2.05) is 13.8 Å². The molecule has 4 nitrogen and oxygen atoms in total. The van der Waals surface area contributed by atoms with E-state index in [0.717, 1.165) is 12.8 Å². The molecule has 0 heterocycles. The lowest BCUT2D eigenvalue weighted by Crippen LogP contribution is -2.21. The SMILES string of the molecule is CCC(CC)C(=O)Nc1ccc(C(=O)Nc2ccc(Cl)cc2)cc1. The summed E-state index contributed by atoms with van der Waals surface area (Å²) in [6.45, 7) is 4.00. The van der Waals surface area contributed by atoms with Crippen LogP contribution >= 0.6 is 11.6 Å².